The summed E-state index contributed by atoms with van der Waals surface area (Å²) >= 11 is 0. The molecule has 2 rings (SSSR count). The van der Waals surface area contributed by atoms with E-state index in [-0.39, 0.29) is 12.6 Å². The first-order valence-electron chi connectivity index (χ1n) is 13.0. The summed E-state index contributed by atoms with van der Waals surface area (Å²) in [6, 6.07) is 6.77. The van der Waals surface area contributed by atoms with Crippen molar-refractivity contribution >= 4 is 17.9 Å². The van der Waals surface area contributed by atoms with Gasteiger partial charge in [-0.2, -0.15) is 0 Å². The highest BCUT2D eigenvalue weighted by molar-refractivity contribution is 5.90. The standard InChI is InChI=1S/C31H38O8/c1-5-6-19-37-29(32)18-12-24-11-17-27(28(22-24)35-4)39-31(34)25-13-15-26(16-14-25)36-20-9-7-8-10-21-38-30(33)23(2)3/h5-6,11-18,28H,2,7-10,19-22H2,1,3-4H3. The number of esters is 3. The van der Waals surface area contributed by atoms with Gasteiger partial charge in [0.1, 0.15) is 24.2 Å². The molecule has 0 fully saturated rings. The van der Waals surface area contributed by atoms with Gasteiger partial charge in [-0.05, 0) is 75.4 Å². The Morgan fingerprint density at radius 2 is 1.72 bits per heavy atom. The number of carbonyl (C=O) groups is 3. The second-order valence-corrected chi connectivity index (χ2v) is 8.86. The molecule has 0 saturated heterocycles. The molecule has 0 spiro atoms. The van der Waals surface area contributed by atoms with Crippen molar-refractivity contribution in [3.63, 3.8) is 0 Å². The van der Waals surface area contributed by atoms with E-state index in [0.717, 1.165) is 31.3 Å². The summed E-state index contributed by atoms with van der Waals surface area (Å²) in [5.41, 5.74) is 1.64. The topological polar surface area (TPSA) is 97.4 Å². The van der Waals surface area contributed by atoms with E-state index in [4.69, 9.17) is 23.7 Å². The van der Waals surface area contributed by atoms with Crippen molar-refractivity contribution in [3.8, 4) is 5.75 Å². The number of carbonyl (C=O) groups excluding carboxylic acids is 3. The average molecular weight is 539 g/mol. The number of rotatable bonds is 16. The number of methoxy groups -OCH3 is 1. The van der Waals surface area contributed by atoms with Crippen molar-refractivity contribution < 1.29 is 38.1 Å². The Hall–Kier alpha value is -3.91. The van der Waals surface area contributed by atoms with Crippen LogP contribution in [0.1, 0.15) is 56.3 Å². The molecule has 8 heteroatoms. The van der Waals surface area contributed by atoms with E-state index >= 15 is 0 Å². The number of hydrogen-bond donors (Lipinski definition) is 0. The largest absolute Gasteiger partial charge is 0.494 e. The fourth-order valence-corrected chi connectivity index (χ4v) is 3.44. The minimum atomic E-state index is -0.498. The zero-order valence-corrected chi connectivity index (χ0v) is 23.0. The fourth-order valence-electron chi connectivity index (χ4n) is 3.44. The smallest absolute Gasteiger partial charge is 0.343 e. The second kappa shape index (κ2) is 17.6. The molecular formula is C31H38O8. The van der Waals surface area contributed by atoms with Gasteiger partial charge in [0.2, 0.25) is 0 Å². The molecule has 1 atom stereocenters. The first-order chi connectivity index (χ1) is 18.8. The third-order valence-electron chi connectivity index (χ3n) is 5.67. The Morgan fingerprint density at radius 1 is 1.00 bits per heavy atom. The zero-order valence-electron chi connectivity index (χ0n) is 23.0. The molecule has 0 saturated carbocycles. The molecule has 0 aliphatic heterocycles. The lowest BCUT2D eigenvalue weighted by atomic mass is 10.0. The molecule has 39 heavy (non-hydrogen) atoms. The molecule has 1 aromatic rings. The molecule has 0 radical (unpaired) electrons. The van der Waals surface area contributed by atoms with Crippen LogP contribution in [0.5, 0.6) is 5.75 Å². The molecule has 8 nitrogen and oxygen atoms in total. The van der Waals surface area contributed by atoms with Crippen LogP contribution in [-0.2, 0) is 28.5 Å². The van der Waals surface area contributed by atoms with Crippen LogP contribution in [0.25, 0.3) is 0 Å². The van der Waals surface area contributed by atoms with E-state index in [9.17, 15) is 14.4 Å². The van der Waals surface area contributed by atoms with Crippen molar-refractivity contribution in [2.24, 2.45) is 0 Å². The van der Waals surface area contributed by atoms with Crippen molar-refractivity contribution in [3.05, 3.63) is 89.8 Å². The van der Waals surface area contributed by atoms with Crippen LogP contribution < -0.4 is 4.74 Å². The Kier molecular flexibility index (Phi) is 14.1. The van der Waals surface area contributed by atoms with E-state index in [1.165, 1.54) is 13.2 Å². The minimum Gasteiger partial charge on any atom is -0.494 e. The Bertz CT molecular complexity index is 1090. The van der Waals surface area contributed by atoms with Gasteiger partial charge in [-0.25, -0.2) is 14.4 Å². The Morgan fingerprint density at radius 3 is 2.38 bits per heavy atom. The van der Waals surface area contributed by atoms with Crippen molar-refractivity contribution in [1.29, 1.82) is 0 Å². The van der Waals surface area contributed by atoms with Crippen LogP contribution >= 0.6 is 0 Å². The maximum absolute atomic E-state index is 12.7. The summed E-state index contributed by atoms with van der Waals surface area (Å²) in [6.07, 6.45) is 13.6. The van der Waals surface area contributed by atoms with Gasteiger partial charge in [0.15, 0.2) is 0 Å². The molecule has 1 aromatic carbocycles. The highest BCUT2D eigenvalue weighted by Crippen LogP contribution is 2.25. The quantitative estimate of drug-likeness (QED) is 0.0856. The van der Waals surface area contributed by atoms with Gasteiger partial charge >= 0.3 is 17.9 Å². The van der Waals surface area contributed by atoms with Gasteiger partial charge in [0, 0.05) is 25.2 Å². The lowest BCUT2D eigenvalue weighted by Gasteiger charge is -2.22. The maximum Gasteiger partial charge on any atom is 0.343 e. The van der Waals surface area contributed by atoms with Crippen LogP contribution in [0.4, 0.5) is 0 Å². The van der Waals surface area contributed by atoms with Crippen molar-refractivity contribution in [2.45, 2.75) is 52.1 Å². The lowest BCUT2D eigenvalue weighted by Crippen LogP contribution is -2.21. The first kappa shape index (κ1) is 31.3. The number of unbranched alkanes of at least 4 members (excludes halogenated alkanes) is 3. The van der Waals surface area contributed by atoms with Gasteiger partial charge in [-0.15, -0.1) is 0 Å². The predicted octanol–water partition coefficient (Wildman–Crippen LogP) is 5.81. The van der Waals surface area contributed by atoms with E-state index in [1.54, 1.807) is 61.6 Å². The fraction of sp³-hybridized carbons (Fsp3) is 0.387. The predicted molar refractivity (Wildman–Crippen MR) is 148 cm³/mol. The Labute approximate surface area is 230 Å². The summed E-state index contributed by atoms with van der Waals surface area (Å²) < 4.78 is 26.9. The molecule has 0 N–H and O–H groups in total. The molecule has 210 valence electrons. The van der Waals surface area contributed by atoms with Crippen LogP contribution in [0.3, 0.4) is 0 Å². The number of hydrogen-bond acceptors (Lipinski definition) is 8. The number of allylic oxidation sites excluding steroid dienone is 4. The summed E-state index contributed by atoms with van der Waals surface area (Å²) in [5.74, 6) is -0.227. The molecule has 0 amide bonds. The first-order valence-corrected chi connectivity index (χ1v) is 13.0. The van der Waals surface area contributed by atoms with Gasteiger partial charge in [0.05, 0.1) is 18.8 Å². The van der Waals surface area contributed by atoms with E-state index in [2.05, 4.69) is 6.58 Å². The third kappa shape index (κ3) is 12.0. The third-order valence-corrected chi connectivity index (χ3v) is 5.67. The molecule has 1 aliphatic rings. The summed E-state index contributed by atoms with van der Waals surface area (Å²) in [4.78, 5) is 35.7. The molecule has 0 heterocycles. The van der Waals surface area contributed by atoms with E-state index < -0.39 is 18.0 Å². The second-order valence-electron chi connectivity index (χ2n) is 8.86. The summed E-state index contributed by atoms with van der Waals surface area (Å²) in [5, 5.41) is 0. The molecule has 0 aromatic heterocycles. The molecular weight excluding hydrogens is 500 g/mol. The highest BCUT2D eigenvalue weighted by Gasteiger charge is 2.23. The maximum atomic E-state index is 12.7. The van der Waals surface area contributed by atoms with Crippen LogP contribution in [0.2, 0.25) is 0 Å². The van der Waals surface area contributed by atoms with E-state index in [0.29, 0.717) is 42.3 Å². The highest BCUT2D eigenvalue weighted by atomic mass is 16.6. The zero-order chi connectivity index (χ0) is 28.5. The van der Waals surface area contributed by atoms with Gasteiger partial charge < -0.3 is 23.7 Å². The SMILES string of the molecule is C=C(C)C(=O)OCCCCCCOc1ccc(C(=O)OC2=CC=C(C=CC(=O)OCC=CC)CC2OC)cc1. The molecule has 0 bridgehead atoms. The number of ether oxygens (including phenoxy) is 5. The van der Waals surface area contributed by atoms with Crippen molar-refractivity contribution in [1.82, 2.24) is 0 Å². The monoisotopic (exact) mass is 538 g/mol. The lowest BCUT2D eigenvalue weighted by molar-refractivity contribution is -0.139. The van der Waals surface area contributed by atoms with Gasteiger partial charge in [0.25, 0.3) is 0 Å². The van der Waals surface area contributed by atoms with E-state index in [1.807, 2.05) is 6.92 Å². The van der Waals surface area contributed by atoms with Crippen LogP contribution in [-0.4, -0.2) is 50.9 Å². The normalized spacial score (nSPS) is 15.0. The van der Waals surface area contributed by atoms with Crippen molar-refractivity contribution in [2.75, 3.05) is 26.9 Å². The Balaban J connectivity index is 1.76. The summed E-state index contributed by atoms with van der Waals surface area (Å²) in [7, 11) is 1.54. The van der Waals surface area contributed by atoms with Gasteiger partial charge in [-0.3, -0.25) is 0 Å². The van der Waals surface area contributed by atoms with Gasteiger partial charge in [-0.1, -0.05) is 30.9 Å². The van der Waals surface area contributed by atoms with Crippen LogP contribution in [0, 0.1) is 0 Å². The minimum absolute atomic E-state index is 0.226. The number of benzene rings is 1. The van der Waals surface area contributed by atoms with Crippen LogP contribution in [0.15, 0.2) is 84.2 Å². The average Bonchev–Trinajstić information content (AvgIpc) is 2.94. The summed E-state index contributed by atoms with van der Waals surface area (Å²) in [6.45, 7) is 8.20. The molecule has 1 aliphatic carbocycles. The molecule has 1 unspecified atom stereocenters.